The van der Waals surface area contributed by atoms with Crippen molar-refractivity contribution in [2.24, 2.45) is 11.7 Å². The highest BCUT2D eigenvalue weighted by Crippen LogP contribution is 2.18. The number of likely N-dealkylation sites (tertiary alicyclic amines) is 2. The van der Waals surface area contributed by atoms with E-state index in [0.717, 1.165) is 45.6 Å². The summed E-state index contributed by atoms with van der Waals surface area (Å²) in [6.07, 6.45) is 4.25. The molecule has 0 aliphatic carbocycles. The molecule has 3 rings (SSSR count). The van der Waals surface area contributed by atoms with E-state index in [-0.39, 0.29) is 18.0 Å². The van der Waals surface area contributed by atoms with Crippen molar-refractivity contribution >= 4 is 5.91 Å². The van der Waals surface area contributed by atoms with E-state index < -0.39 is 0 Å². The van der Waals surface area contributed by atoms with Crippen LogP contribution in [-0.2, 0) is 11.2 Å². The van der Waals surface area contributed by atoms with Gasteiger partial charge < -0.3 is 16.0 Å². The van der Waals surface area contributed by atoms with Crippen LogP contribution < -0.4 is 11.1 Å². The van der Waals surface area contributed by atoms with Crippen molar-refractivity contribution in [3.63, 3.8) is 0 Å². The number of nitrogens with one attached hydrogen (secondary N) is 1. The molecule has 2 aliphatic rings. The molecule has 0 unspecified atom stereocenters. The van der Waals surface area contributed by atoms with E-state index >= 15 is 0 Å². The van der Waals surface area contributed by atoms with E-state index in [9.17, 15) is 4.79 Å². The molecule has 0 spiro atoms. The molecule has 2 heterocycles. The van der Waals surface area contributed by atoms with Crippen molar-refractivity contribution in [3.05, 3.63) is 35.9 Å². The van der Waals surface area contributed by atoms with Crippen molar-refractivity contribution in [1.29, 1.82) is 0 Å². The summed E-state index contributed by atoms with van der Waals surface area (Å²) in [4.78, 5) is 17.0. The molecule has 1 amide bonds. The topological polar surface area (TPSA) is 61.6 Å². The Morgan fingerprint density at radius 3 is 2.60 bits per heavy atom. The monoisotopic (exact) mass is 344 g/mol. The summed E-state index contributed by atoms with van der Waals surface area (Å²) in [5.41, 5.74) is 7.36. The second-order valence-corrected chi connectivity index (χ2v) is 7.72. The molecular weight excluding hydrogens is 312 g/mol. The lowest BCUT2D eigenvalue weighted by molar-refractivity contribution is -0.125. The van der Waals surface area contributed by atoms with Gasteiger partial charge in [0.1, 0.15) is 0 Å². The van der Waals surface area contributed by atoms with Gasteiger partial charge in [0.05, 0.1) is 6.04 Å². The average Bonchev–Trinajstić information content (AvgIpc) is 2.98. The zero-order valence-corrected chi connectivity index (χ0v) is 15.4. The zero-order valence-electron chi connectivity index (χ0n) is 15.4. The van der Waals surface area contributed by atoms with Crippen LogP contribution in [0.25, 0.3) is 0 Å². The molecule has 25 heavy (non-hydrogen) atoms. The first-order chi connectivity index (χ1) is 12.1. The minimum Gasteiger partial charge on any atom is -0.354 e. The highest BCUT2D eigenvalue weighted by Gasteiger charge is 2.32. The van der Waals surface area contributed by atoms with Crippen LogP contribution in [0.1, 0.15) is 24.8 Å². The van der Waals surface area contributed by atoms with Crippen LogP contribution >= 0.6 is 0 Å². The van der Waals surface area contributed by atoms with Crippen LogP contribution in [0.5, 0.6) is 0 Å². The van der Waals surface area contributed by atoms with Gasteiger partial charge in [0, 0.05) is 25.7 Å². The van der Waals surface area contributed by atoms with Gasteiger partial charge in [-0.15, -0.1) is 0 Å². The molecule has 2 saturated heterocycles. The first-order valence-corrected chi connectivity index (χ1v) is 9.61. The number of nitrogens with two attached hydrogens (primary N) is 1. The maximum absolute atomic E-state index is 12.3. The third kappa shape index (κ3) is 5.27. The van der Waals surface area contributed by atoms with Crippen LogP contribution in [0.4, 0.5) is 0 Å². The lowest BCUT2D eigenvalue weighted by Crippen LogP contribution is -2.45. The fraction of sp³-hybridized carbons (Fsp3) is 0.650. The lowest BCUT2D eigenvalue weighted by atomic mass is 9.96. The molecule has 0 aromatic heterocycles. The molecule has 1 aromatic carbocycles. The highest BCUT2D eigenvalue weighted by molar-refractivity contribution is 5.82. The van der Waals surface area contributed by atoms with Crippen LogP contribution in [-0.4, -0.2) is 67.6 Å². The van der Waals surface area contributed by atoms with Crippen LogP contribution in [0.3, 0.4) is 0 Å². The molecule has 1 aromatic rings. The van der Waals surface area contributed by atoms with Gasteiger partial charge in [0.25, 0.3) is 0 Å². The third-order valence-electron chi connectivity index (χ3n) is 5.71. The molecule has 0 bridgehead atoms. The van der Waals surface area contributed by atoms with Crippen LogP contribution in [0.2, 0.25) is 0 Å². The molecule has 2 aliphatic heterocycles. The van der Waals surface area contributed by atoms with Crippen LogP contribution in [0, 0.1) is 5.92 Å². The smallest absolute Gasteiger partial charge is 0.237 e. The summed E-state index contributed by atoms with van der Waals surface area (Å²) in [5.74, 6) is 0.763. The first-order valence-electron chi connectivity index (χ1n) is 9.61. The van der Waals surface area contributed by atoms with Gasteiger partial charge >= 0.3 is 0 Å². The Morgan fingerprint density at radius 2 is 1.96 bits per heavy atom. The molecule has 138 valence electrons. The minimum absolute atomic E-state index is 0.0408. The number of piperidine rings is 1. The Kier molecular flexibility index (Phi) is 6.45. The van der Waals surface area contributed by atoms with E-state index in [2.05, 4.69) is 45.4 Å². The molecule has 0 saturated carbocycles. The normalized spacial score (nSPS) is 26.0. The maximum Gasteiger partial charge on any atom is 0.237 e. The molecule has 0 radical (unpaired) electrons. The van der Waals surface area contributed by atoms with E-state index in [1.54, 1.807) is 0 Å². The van der Waals surface area contributed by atoms with Crippen molar-refractivity contribution < 1.29 is 4.79 Å². The largest absolute Gasteiger partial charge is 0.354 e. The Bertz CT molecular complexity index is 542. The van der Waals surface area contributed by atoms with Gasteiger partial charge in [-0.1, -0.05) is 30.3 Å². The molecule has 3 N–H and O–H groups in total. The number of carbonyl (C=O) groups is 1. The van der Waals surface area contributed by atoms with Gasteiger partial charge in [-0.25, -0.2) is 0 Å². The molecule has 5 heteroatoms. The second kappa shape index (κ2) is 8.79. The number of amides is 1. The third-order valence-corrected chi connectivity index (χ3v) is 5.71. The van der Waals surface area contributed by atoms with Gasteiger partial charge in [-0.05, 0) is 57.3 Å². The standard InChI is InChI=1S/C20H32N4O/c1-23-15-18(21)13-19(23)20(25)22-14-17-8-11-24(12-9-17)10-7-16-5-3-2-4-6-16/h2-6,17-19H,7-15,21H2,1H3,(H,22,25)/t18-,19-/m0/s1. The number of benzene rings is 1. The summed E-state index contributed by atoms with van der Waals surface area (Å²) in [7, 11) is 1.99. The summed E-state index contributed by atoms with van der Waals surface area (Å²) in [6, 6.07) is 10.8. The summed E-state index contributed by atoms with van der Waals surface area (Å²) >= 11 is 0. The van der Waals surface area contributed by atoms with E-state index in [4.69, 9.17) is 5.73 Å². The predicted octanol–water partition coefficient (Wildman–Crippen LogP) is 1.09. The average molecular weight is 345 g/mol. The number of hydrogen-bond acceptors (Lipinski definition) is 4. The Balaban J connectivity index is 1.33. The number of hydrogen-bond donors (Lipinski definition) is 2. The summed E-state index contributed by atoms with van der Waals surface area (Å²) < 4.78 is 0. The molecule has 5 nitrogen and oxygen atoms in total. The zero-order chi connectivity index (χ0) is 17.6. The Morgan fingerprint density at radius 1 is 1.24 bits per heavy atom. The number of carbonyl (C=O) groups excluding carboxylic acids is 1. The van der Waals surface area contributed by atoms with Crippen molar-refractivity contribution in [2.75, 3.05) is 39.8 Å². The second-order valence-electron chi connectivity index (χ2n) is 7.72. The predicted molar refractivity (Wildman–Crippen MR) is 101 cm³/mol. The number of likely N-dealkylation sites (N-methyl/N-ethyl adjacent to an activating group) is 1. The summed E-state index contributed by atoms with van der Waals surface area (Å²) in [5, 5.41) is 3.16. The fourth-order valence-electron chi connectivity index (χ4n) is 4.05. The first kappa shape index (κ1) is 18.4. The Hall–Kier alpha value is -1.43. The van der Waals surface area contributed by atoms with Gasteiger partial charge in [0.15, 0.2) is 0 Å². The van der Waals surface area contributed by atoms with Gasteiger partial charge in [-0.3, -0.25) is 9.69 Å². The molecule has 2 atom stereocenters. The molecular formula is C20H32N4O. The summed E-state index contributed by atoms with van der Waals surface area (Å²) in [6.45, 7) is 5.04. The van der Waals surface area contributed by atoms with E-state index in [0.29, 0.717) is 5.92 Å². The van der Waals surface area contributed by atoms with Gasteiger partial charge in [0.2, 0.25) is 5.91 Å². The van der Waals surface area contributed by atoms with Crippen molar-refractivity contribution in [1.82, 2.24) is 15.1 Å². The van der Waals surface area contributed by atoms with Gasteiger partial charge in [-0.2, -0.15) is 0 Å². The minimum atomic E-state index is -0.0408. The highest BCUT2D eigenvalue weighted by atomic mass is 16.2. The van der Waals surface area contributed by atoms with Crippen molar-refractivity contribution in [3.8, 4) is 0 Å². The van der Waals surface area contributed by atoms with E-state index in [1.165, 1.54) is 18.4 Å². The number of nitrogens with zero attached hydrogens (tertiary/aromatic N) is 2. The maximum atomic E-state index is 12.3. The van der Waals surface area contributed by atoms with Crippen molar-refractivity contribution in [2.45, 2.75) is 37.8 Å². The SMILES string of the molecule is CN1C[C@@H](N)C[C@H]1C(=O)NCC1CCN(CCc2ccccc2)CC1. The van der Waals surface area contributed by atoms with Crippen LogP contribution in [0.15, 0.2) is 30.3 Å². The Labute approximate surface area is 151 Å². The quantitative estimate of drug-likeness (QED) is 0.811. The van der Waals surface area contributed by atoms with E-state index in [1.807, 2.05) is 7.05 Å². The fourth-order valence-corrected chi connectivity index (χ4v) is 4.05. The molecule has 2 fully saturated rings. The number of rotatable bonds is 6. The lowest BCUT2D eigenvalue weighted by Gasteiger charge is -2.32.